The molecule has 0 fully saturated rings. The average Bonchev–Trinajstić information content (AvgIpc) is 2.74. The highest BCUT2D eigenvalue weighted by Crippen LogP contribution is 2.19. The van der Waals surface area contributed by atoms with Crippen LogP contribution in [0.3, 0.4) is 0 Å². The number of hydrogen-bond acceptors (Lipinski definition) is 6. The van der Waals surface area contributed by atoms with Gasteiger partial charge in [0.15, 0.2) is 0 Å². The topological polar surface area (TPSA) is 84.0 Å². The van der Waals surface area contributed by atoms with Crippen molar-refractivity contribution in [2.24, 2.45) is 5.92 Å². The molecule has 0 aliphatic carbocycles. The zero-order chi connectivity index (χ0) is 15.0. The van der Waals surface area contributed by atoms with Crippen molar-refractivity contribution in [2.45, 2.75) is 40.0 Å². The van der Waals surface area contributed by atoms with Gasteiger partial charge in [0.2, 0.25) is 15.2 Å². The van der Waals surface area contributed by atoms with Crippen LogP contribution in [0.4, 0.5) is 5.13 Å². The van der Waals surface area contributed by atoms with Gasteiger partial charge in [-0.05, 0) is 31.8 Å². The van der Waals surface area contributed by atoms with Crippen LogP contribution >= 0.6 is 11.3 Å². The van der Waals surface area contributed by atoms with Crippen molar-refractivity contribution < 1.29 is 8.42 Å². The predicted molar refractivity (Wildman–Crippen MR) is 83.6 cm³/mol. The van der Waals surface area contributed by atoms with Crippen molar-refractivity contribution >= 4 is 26.5 Å². The molecule has 2 N–H and O–H groups in total. The van der Waals surface area contributed by atoms with Gasteiger partial charge in [0.25, 0.3) is 0 Å². The highest BCUT2D eigenvalue weighted by molar-refractivity contribution is 7.92. The van der Waals surface area contributed by atoms with Gasteiger partial charge in [-0.15, -0.1) is 10.2 Å². The predicted octanol–water partition coefficient (Wildman–Crippen LogP) is 1.87. The van der Waals surface area contributed by atoms with E-state index in [2.05, 4.69) is 41.0 Å². The second-order valence-corrected chi connectivity index (χ2v) is 8.03. The summed E-state index contributed by atoms with van der Waals surface area (Å²) >= 11 is 1.31. The molecule has 0 spiro atoms. The van der Waals surface area contributed by atoms with Crippen LogP contribution in [0.15, 0.2) is 0 Å². The van der Waals surface area contributed by atoms with Crippen molar-refractivity contribution in [1.29, 1.82) is 0 Å². The van der Waals surface area contributed by atoms with Crippen molar-refractivity contribution in [2.75, 3.05) is 23.6 Å². The minimum absolute atomic E-state index is 0.100. The molecule has 0 unspecified atom stereocenters. The Bertz CT molecular complexity index is 485. The van der Waals surface area contributed by atoms with Gasteiger partial charge in [-0.3, -0.25) is 4.72 Å². The highest BCUT2D eigenvalue weighted by Gasteiger charge is 2.14. The average molecular weight is 320 g/mol. The van der Waals surface area contributed by atoms with Gasteiger partial charge in [0.1, 0.15) is 5.01 Å². The molecule has 0 saturated heterocycles. The second-order valence-electron chi connectivity index (χ2n) is 5.12. The SMILES string of the molecule is CCCNCCCS(=O)(=O)Nc1nnc(CC(C)C)s1. The lowest BCUT2D eigenvalue weighted by Crippen LogP contribution is -2.22. The molecular weight excluding hydrogens is 296 g/mol. The number of rotatable bonds is 10. The van der Waals surface area contributed by atoms with Crippen molar-refractivity contribution in [3.63, 3.8) is 0 Å². The van der Waals surface area contributed by atoms with Crippen molar-refractivity contribution in [1.82, 2.24) is 15.5 Å². The Morgan fingerprint density at radius 3 is 2.65 bits per heavy atom. The quantitative estimate of drug-likeness (QED) is 0.643. The molecular formula is C12H24N4O2S2. The molecule has 0 atom stereocenters. The second kappa shape index (κ2) is 8.53. The zero-order valence-corrected chi connectivity index (χ0v) is 14.0. The van der Waals surface area contributed by atoms with Crippen LogP contribution < -0.4 is 10.0 Å². The summed E-state index contributed by atoms with van der Waals surface area (Å²) < 4.78 is 26.2. The molecule has 0 amide bonds. The lowest BCUT2D eigenvalue weighted by atomic mass is 10.1. The molecule has 6 nitrogen and oxygen atoms in total. The molecule has 20 heavy (non-hydrogen) atoms. The molecule has 1 rings (SSSR count). The van der Waals surface area contributed by atoms with E-state index in [1.165, 1.54) is 11.3 Å². The van der Waals surface area contributed by atoms with Crippen LogP contribution in [-0.2, 0) is 16.4 Å². The van der Waals surface area contributed by atoms with E-state index in [1.807, 2.05) is 0 Å². The first kappa shape index (κ1) is 17.3. The number of aromatic nitrogens is 2. The van der Waals surface area contributed by atoms with Crippen molar-refractivity contribution in [3.05, 3.63) is 5.01 Å². The smallest absolute Gasteiger partial charge is 0.234 e. The van der Waals surface area contributed by atoms with Crippen LogP contribution in [0, 0.1) is 5.92 Å². The lowest BCUT2D eigenvalue weighted by Gasteiger charge is -2.05. The zero-order valence-electron chi connectivity index (χ0n) is 12.3. The maximum atomic E-state index is 11.9. The van der Waals surface area contributed by atoms with Gasteiger partial charge in [-0.2, -0.15) is 0 Å². The van der Waals surface area contributed by atoms with E-state index in [0.717, 1.165) is 24.4 Å². The Hall–Kier alpha value is -0.730. The molecule has 116 valence electrons. The number of nitrogens with zero attached hydrogens (tertiary/aromatic N) is 2. The summed E-state index contributed by atoms with van der Waals surface area (Å²) in [6.45, 7) is 7.89. The molecule has 0 radical (unpaired) electrons. The summed E-state index contributed by atoms with van der Waals surface area (Å²) in [5.41, 5.74) is 0. The summed E-state index contributed by atoms with van der Waals surface area (Å²) in [6.07, 6.45) is 2.46. The Kier molecular flexibility index (Phi) is 7.39. The van der Waals surface area contributed by atoms with Gasteiger partial charge < -0.3 is 5.32 Å². The minimum Gasteiger partial charge on any atom is -0.317 e. The van der Waals surface area contributed by atoms with Crippen LogP contribution in [-0.4, -0.2) is 37.5 Å². The Balaban J connectivity index is 2.39. The molecule has 0 aliphatic rings. The first-order valence-electron chi connectivity index (χ1n) is 6.96. The largest absolute Gasteiger partial charge is 0.317 e. The van der Waals surface area contributed by atoms with E-state index >= 15 is 0 Å². The Morgan fingerprint density at radius 1 is 1.25 bits per heavy atom. The van der Waals surface area contributed by atoms with Gasteiger partial charge in [0, 0.05) is 6.42 Å². The molecule has 1 aromatic rings. The van der Waals surface area contributed by atoms with Gasteiger partial charge >= 0.3 is 0 Å². The van der Waals surface area contributed by atoms with Gasteiger partial charge in [0.05, 0.1) is 5.75 Å². The van der Waals surface area contributed by atoms with Gasteiger partial charge in [-0.25, -0.2) is 8.42 Å². The number of anilines is 1. The normalized spacial score (nSPS) is 12.0. The fraction of sp³-hybridized carbons (Fsp3) is 0.833. The van der Waals surface area contributed by atoms with Crippen LogP contribution in [0.5, 0.6) is 0 Å². The molecule has 0 aliphatic heterocycles. The first-order valence-corrected chi connectivity index (χ1v) is 9.43. The number of nitrogens with one attached hydrogen (secondary N) is 2. The van der Waals surface area contributed by atoms with E-state index in [4.69, 9.17) is 0 Å². The lowest BCUT2D eigenvalue weighted by molar-refractivity contribution is 0.593. The highest BCUT2D eigenvalue weighted by atomic mass is 32.2. The monoisotopic (exact) mass is 320 g/mol. The summed E-state index contributed by atoms with van der Waals surface area (Å²) in [4.78, 5) is 0. The van der Waals surface area contributed by atoms with E-state index < -0.39 is 10.0 Å². The third-order valence-corrected chi connectivity index (χ3v) is 4.81. The van der Waals surface area contributed by atoms with Gasteiger partial charge in [-0.1, -0.05) is 32.1 Å². The Labute approximate surface area is 125 Å². The summed E-state index contributed by atoms with van der Waals surface area (Å²) in [7, 11) is -3.32. The third kappa shape index (κ3) is 7.16. The molecule has 1 aromatic heterocycles. The molecule has 0 aromatic carbocycles. The molecule has 0 bridgehead atoms. The summed E-state index contributed by atoms with van der Waals surface area (Å²) in [5.74, 6) is 0.583. The number of sulfonamides is 1. The maximum Gasteiger partial charge on any atom is 0.234 e. The van der Waals surface area contributed by atoms with Crippen LogP contribution in [0.25, 0.3) is 0 Å². The third-order valence-electron chi connectivity index (χ3n) is 2.49. The summed E-state index contributed by atoms with van der Waals surface area (Å²) in [6, 6.07) is 0. The van der Waals surface area contributed by atoms with E-state index in [-0.39, 0.29) is 5.75 Å². The standard InChI is InChI=1S/C12H24N4O2S2/c1-4-6-13-7-5-8-20(17,18)16-12-15-14-11(19-12)9-10(2)3/h10,13H,4-9H2,1-3H3,(H,15,16). The minimum atomic E-state index is -3.32. The van der Waals surface area contributed by atoms with Crippen LogP contribution in [0.2, 0.25) is 0 Å². The van der Waals surface area contributed by atoms with Crippen molar-refractivity contribution in [3.8, 4) is 0 Å². The number of hydrogen-bond donors (Lipinski definition) is 2. The Morgan fingerprint density at radius 2 is 2.00 bits per heavy atom. The summed E-state index contributed by atoms with van der Waals surface area (Å²) in [5, 5.41) is 12.3. The van der Waals surface area contributed by atoms with E-state index in [1.54, 1.807) is 0 Å². The molecule has 1 heterocycles. The first-order chi connectivity index (χ1) is 9.43. The molecule has 0 saturated carbocycles. The maximum absolute atomic E-state index is 11.9. The molecule has 8 heteroatoms. The fourth-order valence-electron chi connectivity index (χ4n) is 1.60. The van der Waals surface area contributed by atoms with E-state index in [9.17, 15) is 8.42 Å². The van der Waals surface area contributed by atoms with Crippen LogP contribution in [0.1, 0.15) is 38.6 Å². The van der Waals surface area contributed by atoms with E-state index in [0.29, 0.717) is 24.0 Å². The fourth-order valence-corrected chi connectivity index (χ4v) is 3.88.